The fraction of sp³-hybridized carbons (Fsp3) is 0.308. The van der Waals surface area contributed by atoms with Crippen LogP contribution in [-0.4, -0.2) is 4.98 Å². The number of hydrogen-bond acceptors (Lipinski definition) is 2. The molecule has 0 atom stereocenters. The highest BCUT2D eigenvalue weighted by Crippen LogP contribution is 2.33. The molecule has 96 valence electrons. The normalized spacial score (nSPS) is 11.2. The molecule has 5 heteroatoms. The molecular formula is C13H12Cl3NO. The summed E-state index contributed by atoms with van der Waals surface area (Å²) >= 11 is 17.9. The molecule has 1 aromatic heterocycles. The van der Waals surface area contributed by atoms with E-state index in [0.717, 1.165) is 17.0 Å². The van der Waals surface area contributed by atoms with Crippen LogP contribution in [0.3, 0.4) is 0 Å². The second kappa shape index (κ2) is 5.52. The maximum atomic E-state index is 6.13. The highest BCUT2D eigenvalue weighted by atomic mass is 35.5. The van der Waals surface area contributed by atoms with Gasteiger partial charge in [-0.2, -0.15) is 0 Å². The molecule has 0 bridgehead atoms. The molecule has 2 nitrogen and oxygen atoms in total. The summed E-state index contributed by atoms with van der Waals surface area (Å²) in [4.78, 5) is 4.38. The van der Waals surface area contributed by atoms with Gasteiger partial charge in [0.15, 0.2) is 0 Å². The van der Waals surface area contributed by atoms with Crippen molar-refractivity contribution in [2.45, 2.75) is 25.6 Å². The molecule has 0 aliphatic rings. The van der Waals surface area contributed by atoms with E-state index in [1.54, 1.807) is 18.2 Å². The first-order chi connectivity index (χ1) is 8.52. The van der Waals surface area contributed by atoms with Crippen LogP contribution in [0.15, 0.2) is 22.6 Å². The van der Waals surface area contributed by atoms with Crippen LogP contribution in [0.4, 0.5) is 0 Å². The maximum Gasteiger partial charge on any atom is 0.228 e. The number of oxazole rings is 1. The average molecular weight is 305 g/mol. The number of aromatic nitrogens is 1. The fourth-order valence-corrected chi connectivity index (χ4v) is 2.37. The fourth-order valence-electron chi connectivity index (χ4n) is 1.69. The SMILES string of the molecule is CC(C)c1oc(-c2ccc(Cl)cc2Cl)nc1CCl. The van der Waals surface area contributed by atoms with Gasteiger partial charge in [0.05, 0.1) is 22.2 Å². The van der Waals surface area contributed by atoms with E-state index in [1.807, 2.05) is 13.8 Å². The number of rotatable bonds is 3. The van der Waals surface area contributed by atoms with E-state index in [4.69, 9.17) is 39.2 Å². The van der Waals surface area contributed by atoms with Crippen LogP contribution in [-0.2, 0) is 5.88 Å². The summed E-state index contributed by atoms with van der Waals surface area (Å²) in [6.07, 6.45) is 0. The van der Waals surface area contributed by atoms with Gasteiger partial charge in [-0.15, -0.1) is 11.6 Å². The monoisotopic (exact) mass is 303 g/mol. The number of halogens is 3. The van der Waals surface area contributed by atoms with Crippen LogP contribution in [0.25, 0.3) is 11.5 Å². The van der Waals surface area contributed by atoms with Crippen molar-refractivity contribution in [2.75, 3.05) is 0 Å². The Morgan fingerprint density at radius 3 is 2.50 bits per heavy atom. The van der Waals surface area contributed by atoms with Crippen molar-refractivity contribution >= 4 is 34.8 Å². The van der Waals surface area contributed by atoms with Crippen molar-refractivity contribution in [3.05, 3.63) is 39.7 Å². The van der Waals surface area contributed by atoms with E-state index in [-0.39, 0.29) is 5.92 Å². The summed E-state index contributed by atoms with van der Waals surface area (Å²) in [7, 11) is 0. The quantitative estimate of drug-likeness (QED) is 0.699. The van der Waals surface area contributed by atoms with Crippen LogP contribution in [0.1, 0.15) is 31.2 Å². The first-order valence-electron chi connectivity index (χ1n) is 5.54. The standard InChI is InChI=1S/C13H12Cl3NO/c1-7(2)12-11(6-14)17-13(18-12)9-4-3-8(15)5-10(9)16/h3-5,7H,6H2,1-2H3. The minimum Gasteiger partial charge on any atom is -0.441 e. The van der Waals surface area contributed by atoms with Gasteiger partial charge in [-0.1, -0.05) is 37.0 Å². The van der Waals surface area contributed by atoms with Crippen LogP contribution in [0.5, 0.6) is 0 Å². The summed E-state index contributed by atoms with van der Waals surface area (Å²) in [5.41, 5.74) is 1.48. The molecule has 0 aliphatic carbocycles. The molecule has 18 heavy (non-hydrogen) atoms. The van der Waals surface area contributed by atoms with Crippen LogP contribution < -0.4 is 0 Å². The van der Waals surface area contributed by atoms with E-state index in [0.29, 0.717) is 21.8 Å². The number of alkyl halides is 1. The zero-order chi connectivity index (χ0) is 13.3. The van der Waals surface area contributed by atoms with E-state index in [9.17, 15) is 0 Å². The first kappa shape index (κ1) is 13.7. The van der Waals surface area contributed by atoms with Gasteiger partial charge in [0.25, 0.3) is 0 Å². The molecule has 0 aliphatic heterocycles. The van der Waals surface area contributed by atoms with Crippen LogP contribution in [0, 0.1) is 0 Å². The Morgan fingerprint density at radius 2 is 2.00 bits per heavy atom. The molecule has 1 heterocycles. The molecular weight excluding hydrogens is 293 g/mol. The van der Waals surface area contributed by atoms with Crippen LogP contribution >= 0.6 is 34.8 Å². The molecule has 0 N–H and O–H groups in total. The third-order valence-electron chi connectivity index (χ3n) is 2.54. The Morgan fingerprint density at radius 1 is 1.28 bits per heavy atom. The maximum absolute atomic E-state index is 6.13. The van der Waals surface area contributed by atoms with Gasteiger partial charge in [0.1, 0.15) is 5.76 Å². The predicted molar refractivity (Wildman–Crippen MR) is 75.6 cm³/mol. The lowest BCUT2D eigenvalue weighted by atomic mass is 10.1. The van der Waals surface area contributed by atoms with Gasteiger partial charge in [-0.3, -0.25) is 0 Å². The summed E-state index contributed by atoms with van der Waals surface area (Å²) in [6, 6.07) is 5.21. The Hall–Kier alpha value is -0.700. The summed E-state index contributed by atoms with van der Waals surface area (Å²) in [5, 5.41) is 1.09. The predicted octanol–water partition coefficient (Wildman–Crippen LogP) is 5.51. The van der Waals surface area contributed by atoms with Crippen molar-refractivity contribution in [1.29, 1.82) is 0 Å². The molecule has 0 unspecified atom stereocenters. The van der Waals surface area contributed by atoms with E-state index < -0.39 is 0 Å². The van der Waals surface area contributed by atoms with Crippen molar-refractivity contribution in [2.24, 2.45) is 0 Å². The van der Waals surface area contributed by atoms with E-state index >= 15 is 0 Å². The Labute approximate surface area is 121 Å². The molecule has 2 aromatic rings. The average Bonchev–Trinajstić information content (AvgIpc) is 2.73. The molecule has 0 radical (unpaired) electrons. The van der Waals surface area contributed by atoms with Crippen molar-refractivity contribution < 1.29 is 4.42 Å². The molecule has 0 saturated carbocycles. The minimum atomic E-state index is 0.228. The minimum absolute atomic E-state index is 0.228. The molecule has 0 spiro atoms. The Balaban J connectivity index is 2.51. The third-order valence-corrected chi connectivity index (χ3v) is 3.34. The van der Waals surface area contributed by atoms with Crippen LogP contribution in [0.2, 0.25) is 10.0 Å². The molecule has 2 rings (SSSR count). The molecule has 1 aromatic carbocycles. The van der Waals surface area contributed by atoms with Gasteiger partial charge in [-0.25, -0.2) is 4.98 Å². The Bertz CT molecular complexity index is 563. The number of benzene rings is 1. The molecule has 0 amide bonds. The second-order valence-electron chi connectivity index (χ2n) is 4.24. The summed E-state index contributed by atoms with van der Waals surface area (Å²) in [5.74, 6) is 1.83. The van der Waals surface area contributed by atoms with Crippen molar-refractivity contribution in [3.8, 4) is 11.5 Å². The largest absolute Gasteiger partial charge is 0.441 e. The lowest BCUT2D eigenvalue weighted by molar-refractivity contribution is 0.492. The highest BCUT2D eigenvalue weighted by molar-refractivity contribution is 6.36. The van der Waals surface area contributed by atoms with Gasteiger partial charge in [0.2, 0.25) is 5.89 Å². The first-order valence-corrected chi connectivity index (χ1v) is 6.83. The second-order valence-corrected chi connectivity index (χ2v) is 5.35. The molecule has 0 fully saturated rings. The van der Waals surface area contributed by atoms with Gasteiger partial charge in [0, 0.05) is 10.9 Å². The van der Waals surface area contributed by atoms with Gasteiger partial charge < -0.3 is 4.42 Å². The summed E-state index contributed by atoms with van der Waals surface area (Å²) in [6.45, 7) is 4.06. The topological polar surface area (TPSA) is 26.0 Å². The van der Waals surface area contributed by atoms with Gasteiger partial charge >= 0.3 is 0 Å². The smallest absolute Gasteiger partial charge is 0.228 e. The van der Waals surface area contributed by atoms with Crippen molar-refractivity contribution in [1.82, 2.24) is 4.98 Å². The summed E-state index contributed by atoms with van der Waals surface area (Å²) < 4.78 is 5.75. The zero-order valence-electron chi connectivity index (χ0n) is 10.0. The number of hydrogen-bond donors (Lipinski definition) is 0. The van der Waals surface area contributed by atoms with E-state index in [2.05, 4.69) is 4.98 Å². The Kier molecular flexibility index (Phi) is 4.21. The number of nitrogens with zero attached hydrogens (tertiary/aromatic N) is 1. The lowest BCUT2D eigenvalue weighted by Gasteiger charge is -2.01. The van der Waals surface area contributed by atoms with Gasteiger partial charge in [-0.05, 0) is 18.2 Å². The molecule has 0 saturated heterocycles. The zero-order valence-corrected chi connectivity index (χ0v) is 12.3. The lowest BCUT2D eigenvalue weighted by Crippen LogP contribution is -1.89. The highest BCUT2D eigenvalue weighted by Gasteiger charge is 2.18. The van der Waals surface area contributed by atoms with E-state index in [1.165, 1.54) is 0 Å². The van der Waals surface area contributed by atoms with Crippen molar-refractivity contribution in [3.63, 3.8) is 0 Å². The third kappa shape index (κ3) is 2.66.